The van der Waals surface area contributed by atoms with Crippen molar-refractivity contribution in [2.24, 2.45) is 0 Å². The van der Waals surface area contributed by atoms with Gasteiger partial charge in [-0.3, -0.25) is 4.68 Å². The maximum absolute atomic E-state index is 12.2. The second-order valence-electron chi connectivity index (χ2n) is 4.48. The molecular weight excluding hydrogens is 198 g/mol. The van der Waals surface area contributed by atoms with Gasteiger partial charge in [-0.05, 0) is 24.3 Å². The molecule has 15 heavy (non-hydrogen) atoms. The minimum atomic E-state index is -2.35. The third kappa shape index (κ3) is 2.76. The van der Waals surface area contributed by atoms with Gasteiger partial charge in [-0.1, -0.05) is 20.8 Å². The fraction of sp³-hybridized carbons (Fsp3) is 0.727. The number of alkyl halides is 2. The van der Waals surface area contributed by atoms with Crippen LogP contribution >= 0.6 is 0 Å². The van der Waals surface area contributed by atoms with Crippen molar-refractivity contribution in [2.75, 3.05) is 0 Å². The molecule has 0 saturated heterocycles. The highest BCUT2D eigenvalue weighted by Gasteiger charge is 2.23. The van der Waals surface area contributed by atoms with Gasteiger partial charge in [-0.2, -0.15) is 5.10 Å². The standard InChI is InChI=1S/C11H18F2N2/c1-5-11(3,4)9-6-15(7-10(12)13)14-8(9)2/h6,10H,5,7H2,1-4H3. The number of nitrogens with zero attached hydrogens (tertiary/aromatic N) is 2. The van der Waals surface area contributed by atoms with E-state index in [4.69, 9.17) is 0 Å². The monoisotopic (exact) mass is 216 g/mol. The van der Waals surface area contributed by atoms with Crippen molar-refractivity contribution in [3.63, 3.8) is 0 Å². The molecule has 0 atom stereocenters. The zero-order chi connectivity index (χ0) is 11.6. The minimum Gasteiger partial charge on any atom is -0.266 e. The molecule has 0 aliphatic heterocycles. The maximum atomic E-state index is 12.2. The van der Waals surface area contributed by atoms with Crippen molar-refractivity contribution in [2.45, 2.75) is 52.5 Å². The first-order valence-corrected chi connectivity index (χ1v) is 5.19. The van der Waals surface area contributed by atoms with Crippen LogP contribution < -0.4 is 0 Å². The van der Waals surface area contributed by atoms with Crippen molar-refractivity contribution >= 4 is 0 Å². The molecule has 1 aromatic heterocycles. The second-order valence-corrected chi connectivity index (χ2v) is 4.48. The fourth-order valence-electron chi connectivity index (χ4n) is 1.61. The highest BCUT2D eigenvalue weighted by molar-refractivity contribution is 5.24. The van der Waals surface area contributed by atoms with Crippen LogP contribution in [0.1, 0.15) is 38.4 Å². The van der Waals surface area contributed by atoms with E-state index in [1.54, 1.807) is 6.20 Å². The molecule has 0 amide bonds. The third-order valence-corrected chi connectivity index (χ3v) is 2.88. The summed E-state index contributed by atoms with van der Waals surface area (Å²) in [4.78, 5) is 0. The number of halogens is 2. The van der Waals surface area contributed by atoms with E-state index >= 15 is 0 Å². The van der Waals surface area contributed by atoms with Crippen LogP contribution in [0.15, 0.2) is 6.20 Å². The summed E-state index contributed by atoms with van der Waals surface area (Å²) in [6.07, 6.45) is 0.362. The van der Waals surface area contributed by atoms with Crippen molar-refractivity contribution in [1.82, 2.24) is 9.78 Å². The Labute approximate surface area is 89.3 Å². The summed E-state index contributed by atoms with van der Waals surface area (Å²) in [6, 6.07) is 0. The van der Waals surface area contributed by atoms with Gasteiger partial charge in [0.15, 0.2) is 0 Å². The average molecular weight is 216 g/mol. The van der Waals surface area contributed by atoms with Gasteiger partial charge in [0.05, 0.1) is 5.69 Å². The molecule has 0 aromatic carbocycles. The van der Waals surface area contributed by atoms with E-state index in [0.29, 0.717) is 0 Å². The van der Waals surface area contributed by atoms with E-state index in [1.165, 1.54) is 4.68 Å². The maximum Gasteiger partial charge on any atom is 0.257 e. The molecule has 0 fully saturated rings. The minimum absolute atomic E-state index is 0.00442. The molecule has 0 aliphatic rings. The average Bonchev–Trinajstić information content (AvgIpc) is 2.46. The molecule has 2 nitrogen and oxygen atoms in total. The van der Waals surface area contributed by atoms with Gasteiger partial charge in [0.2, 0.25) is 0 Å². The first-order valence-electron chi connectivity index (χ1n) is 5.19. The van der Waals surface area contributed by atoms with E-state index in [9.17, 15) is 8.78 Å². The summed E-state index contributed by atoms with van der Waals surface area (Å²) in [7, 11) is 0. The first-order chi connectivity index (χ1) is 6.86. The number of hydrogen-bond donors (Lipinski definition) is 0. The summed E-state index contributed by atoms with van der Waals surface area (Å²) in [6.45, 7) is 7.84. The topological polar surface area (TPSA) is 17.8 Å². The number of hydrogen-bond acceptors (Lipinski definition) is 1. The molecule has 86 valence electrons. The van der Waals surface area contributed by atoms with Gasteiger partial charge in [0, 0.05) is 6.20 Å². The Morgan fingerprint density at radius 1 is 1.47 bits per heavy atom. The number of aromatic nitrogens is 2. The molecule has 0 aliphatic carbocycles. The molecule has 0 bridgehead atoms. The van der Waals surface area contributed by atoms with E-state index < -0.39 is 6.43 Å². The summed E-state index contributed by atoms with van der Waals surface area (Å²) < 4.78 is 25.7. The van der Waals surface area contributed by atoms with Crippen molar-refractivity contribution in [1.29, 1.82) is 0 Å². The number of aryl methyl sites for hydroxylation is 1. The van der Waals surface area contributed by atoms with Gasteiger partial charge >= 0.3 is 0 Å². The van der Waals surface area contributed by atoms with E-state index in [2.05, 4.69) is 25.9 Å². The lowest BCUT2D eigenvalue weighted by Gasteiger charge is -2.21. The summed E-state index contributed by atoms with van der Waals surface area (Å²) in [5, 5.41) is 4.10. The highest BCUT2D eigenvalue weighted by Crippen LogP contribution is 2.28. The van der Waals surface area contributed by atoms with E-state index in [1.807, 2.05) is 6.92 Å². The van der Waals surface area contributed by atoms with Crippen LogP contribution in [0.4, 0.5) is 8.78 Å². The van der Waals surface area contributed by atoms with Crippen LogP contribution in [0.25, 0.3) is 0 Å². The predicted molar refractivity (Wildman–Crippen MR) is 56.3 cm³/mol. The lowest BCUT2D eigenvalue weighted by Crippen LogP contribution is -2.16. The quantitative estimate of drug-likeness (QED) is 0.756. The van der Waals surface area contributed by atoms with Gasteiger partial charge in [-0.15, -0.1) is 0 Å². The Hall–Kier alpha value is -0.930. The molecule has 1 heterocycles. The molecular formula is C11H18F2N2. The molecule has 0 N–H and O–H groups in total. The Kier molecular flexibility index (Phi) is 3.47. The Balaban J connectivity index is 2.96. The normalized spacial score (nSPS) is 12.5. The molecule has 1 aromatic rings. The lowest BCUT2D eigenvalue weighted by molar-refractivity contribution is 0.121. The molecule has 0 spiro atoms. The number of rotatable bonds is 4. The Bertz CT molecular complexity index is 329. The van der Waals surface area contributed by atoms with Gasteiger partial charge in [0.25, 0.3) is 6.43 Å². The van der Waals surface area contributed by atoms with E-state index in [-0.39, 0.29) is 12.0 Å². The van der Waals surface area contributed by atoms with Crippen LogP contribution in [0.2, 0.25) is 0 Å². The van der Waals surface area contributed by atoms with Gasteiger partial charge in [-0.25, -0.2) is 8.78 Å². The van der Waals surface area contributed by atoms with E-state index in [0.717, 1.165) is 17.7 Å². The highest BCUT2D eigenvalue weighted by atomic mass is 19.3. The van der Waals surface area contributed by atoms with Crippen molar-refractivity contribution < 1.29 is 8.78 Å². The van der Waals surface area contributed by atoms with Crippen LogP contribution in [-0.4, -0.2) is 16.2 Å². The van der Waals surface area contributed by atoms with Crippen molar-refractivity contribution in [3.8, 4) is 0 Å². The largest absolute Gasteiger partial charge is 0.266 e. The van der Waals surface area contributed by atoms with Crippen LogP contribution in [-0.2, 0) is 12.0 Å². The summed E-state index contributed by atoms with van der Waals surface area (Å²) >= 11 is 0. The summed E-state index contributed by atoms with van der Waals surface area (Å²) in [5.74, 6) is 0. The summed E-state index contributed by atoms with van der Waals surface area (Å²) in [5.41, 5.74) is 1.91. The zero-order valence-electron chi connectivity index (χ0n) is 9.72. The molecule has 0 saturated carbocycles. The molecule has 0 radical (unpaired) electrons. The first kappa shape index (κ1) is 12.1. The Morgan fingerprint density at radius 3 is 2.53 bits per heavy atom. The van der Waals surface area contributed by atoms with Gasteiger partial charge in [0.1, 0.15) is 6.54 Å². The molecule has 0 unspecified atom stereocenters. The lowest BCUT2D eigenvalue weighted by atomic mass is 9.83. The smallest absolute Gasteiger partial charge is 0.257 e. The van der Waals surface area contributed by atoms with Crippen molar-refractivity contribution in [3.05, 3.63) is 17.5 Å². The second kappa shape index (κ2) is 4.29. The Morgan fingerprint density at radius 2 is 2.07 bits per heavy atom. The SMILES string of the molecule is CCC(C)(C)c1cn(CC(F)F)nc1C. The van der Waals surface area contributed by atoms with Crippen LogP contribution in [0.3, 0.4) is 0 Å². The fourth-order valence-corrected chi connectivity index (χ4v) is 1.61. The molecule has 1 rings (SSSR count). The van der Waals surface area contributed by atoms with Gasteiger partial charge < -0.3 is 0 Å². The third-order valence-electron chi connectivity index (χ3n) is 2.88. The van der Waals surface area contributed by atoms with Crippen LogP contribution in [0.5, 0.6) is 0 Å². The predicted octanol–water partition coefficient (Wildman–Crippen LogP) is 3.14. The van der Waals surface area contributed by atoms with Crippen LogP contribution in [0, 0.1) is 6.92 Å². The zero-order valence-corrected chi connectivity index (χ0v) is 9.72. The molecule has 4 heteroatoms.